The second-order valence-corrected chi connectivity index (χ2v) is 7.75. The summed E-state index contributed by atoms with van der Waals surface area (Å²) < 4.78 is 5.00. The lowest BCUT2D eigenvalue weighted by molar-refractivity contribution is -0.142. The van der Waals surface area contributed by atoms with E-state index in [1.54, 1.807) is 17.8 Å². The maximum atomic E-state index is 11.5. The Morgan fingerprint density at radius 2 is 2.08 bits per heavy atom. The van der Waals surface area contributed by atoms with Crippen LogP contribution in [0.15, 0.2) is 18.2 Å². The summed E-state index contributed by atoms with van der Waals surface area (Å²) in [6.45, 7) is 6.59. The van der Waals surface area contributed by atoms with E-state index in [-0.39, 0.29) is 22.7 Å². The van der Waals surface area contributed by atoms with Crippen LogP contribution in [0.4, 0.5) is 0 Å². The third kappa shape index (κ3) is 3.72. The topological polar surface area (TPSA) is 72.5 Å². The molecule has 0 aromatic heterocycles. The lowest BCUT2D eigenvalue weighted by Gasteiger charge is -2.47. The van der Waals surface area contributed by atoms with Crippen LogP contribution < -0.4 is 5.73 Å². The molecule has 1 aliphatic carbocycles. The Kier molecular flexibility index (Phi) is 6.58. The van der Waals surface area contributed by atoms with Crippen molar-refractivity contribution < 1.29 is 14.6 Å². The molecular formula is C19H29NO3S. The maximum Gasteiger partial charge on any atom is 0.306 e. The number of thioether (sulfide) groups is 1. The minimum Gasteiger partial charge on any atom is -0.508 e. The second kappa shape index (κ2) is 8.26. The number of benzene rings is 1. The molecule has 0 unspecified atom stereocenters. The van der Waals surface area contributed by atoms with Crippen molar-refractivity contribution in [3.63, 3.8) is 0 Å². The van der Waals surface area contributed by atoms with Crippen LogP contribution in [0.3, 0.4) is 0 Å². The summed E-state index contributed by atoms with van der Waals surface area (Å²) in [4.78, 5) is 11.5. The van der Waals surface area contributed by atoms with E-state index >= 15 is 0 Å². The molecule has 1 aromatic rings. The fraction of sp³-hybridized carbons (Fsp3) is 0.632. The Balaban J connectivity index is 2.18. The number of aromatic hydroxyl groups is 1. The van der Waals surface area contributed by atoms with Gasteiger partial charge >= 0.3 is 5.97 Å². The first-order chi connectivity index (χ1) is 11.5. The van der Waals surface area contributed by atoms with Crippen LogP contribution in [0.25, 0.3) is 0 Å². The predicted octanol–water partition coefficient (Wildman–Crippen LogP) is 3.39. The highest BCUT2D eigenvalue weighted by Crippen LogP contribution is 2.46. The van der Waals surface area contributed by atoms with E-state index in [0.29, 0.717) is 18.8 Å². The van der Waals surface area contributed by atoms with Crippen molar-refractivity contribution in [3.8, 4) is 5.75 Å². The van der Waals surface area contributed by atoms with Crippen molar-refractivity contribution in [2.45, 2.75) is 63.2 Å². The Morgan fingerprint density at radius 1 is 1.38 bits per heavy atom. The minimum atomic E-state index is -0.142. The first-order valence-electron chi connectivity index (χ1n) is 8.83. The van der Waals surface area contributed by atoms with Crippen molar-refractivity contribution >= 4 is 17.7 Å². The highest BCUT2D eigenvalue weighted by atomic mass is 32.2. The predicted molar refractivity (Wildman–Crippen MR) is 99.5 cm³/mol. The van der Waals surface area contributed by atoms with Crippen LogP contribution >= 0.6 is 11.8 Å². The average Bonchev–Trinajstić information content (AvgIpc) is 2.57. The molecule has 0 bridgehead atoms. The Bertz CT molecular complexity index is 572. The quantitative estimate of drug-likeness (QED) is 0.737. The lowest BCUT2D eigenvalue weighted by Crippen LogP contribution is -2.55. The van der Waals surface area contributed by atoms with E-state index in [1.807, 2.05) is 19.1 Å². The van der Waals surface area contributed by atoms with Gasteiger partial charge in [0.1, 0.15) is 5.75 Å². The van der Waals surface area contributed by atoms with Gasteiger partial charge in [0.15, 0.2) is 0 Å². The molecule has 2 atom stereocenters. The summed E-state index contributed by atoms with van der Waals surface area (Å²) in [5.41, 5.74) is 9.05. The van der Waals surface area contributed by atoms with Gasteiger partial charge in [0.2, 0.25) is 0 Å². The highest BCUT2D eigenvalue weighted by molar-refractivity contribution is 8.00. The van der Waals surface area contributed by atoms with Crippen molar-refractivity contribution in [3.05, 3.63) is 29.3 Å². The van der Waals surface area contributed by atoms with Crippen molar-refractivity contribution in [2.24, 2.45) is 5.73 Å². The second-order valence-electron chi connectivity index (χ2n) is 6.40. The average molecular weight is 352 g/mol. The van der Waals surface area contributed by atoms with Gasteiger partial charge in [0.05, 0.1) is 13.0 Å². The molecule has 0 saturated carbocycles. The van der Waals surface area contributed by atoms with Crippen LogP contribution in [-0.2, 0) is 21.4 Å². The smallest absolute Gasteiger partial charge is 0.306 e. The fourth-order valence-corrected chi connectivity index (χ4v) is 5.23. The van der Waals surface area contributed by atoms with Gasteiger partial charge in [-0.05, 0) is 49.4 Å². The van der Waals surface area contributed by atoms with Gasteiger partial charge in [-0.3, -0.25) is 4.79 Å². The molecule has 1 aliphatic rings. The maximum absolute atomic E-state index is 11.5. The molecule has 0 radical (unpaired) electrons. The standard InChI is InChI=1S/C19H29NO3S/c1-4-19(5-2)15-12-14(21)8-7-13(15)11-16(18(19)20)24-10-9-17(22)23-6-3/h7-8,12,16,18,21H,4-6,9-11,20H2,1-3H3/t16-,18+/m1/s1. The van der Waals surface area contributed by atoms with Gasteiger partial charge in [-0.1, -0.05) is 19.9 Å². The Morgan fingerprint density at radius 3 is 2.71 bits per heavy atom. The van der Waals surface area contributed by atoms with Gasteiger partial charge in [-0.15, -0.1) is 0 Å². The lowest BCUT2D eigenvalue weighted by atomic mass is 9.63. The molecule has 0 heterocycles. The number of hydrogen-bond donors (Lipinski definition) is 2. The number of nitrogens with two attached hydrogens (primary N) is 1. The third-order valence-electron chi connectivity index (χ3n) is 5.29. The molecule has 24 heavy (non-hydrogen) atoms. The van der Waals surface area contributed by atoms with Crippen LogP contribution in [0.5, 0.6) is 5.75 Å². The first-order valence-corrected chi connectivity index (χ1v) is 9.88. The molecule has 0 fully saturated rings. The van der Waals surface area contributed by atoms with E-state index in [0.717, 1.165) is 25.0 Å². The molecule has 0 aliphatic heterocycles. The van der Waals surface area contributed by atoms with Gasteiger partial charge in [0, 0.05) is 22.5 Å². The number of carbonyl (C=O) groups is 1. The van der Waals surface area contributed by atoms with E-state index in [9.17, 15) is 9.90 Å². The number of hydrogen-bond acceptors (Lipinski definition) is 5. The van der Waals surface area contributed by atoms with E-state index in [4.69, 9.17) is 10.5 Å². The third-order valence-corrected chi connectivity index (χ3v) is 6.62. The normalized spacial score (nSPS) is 22.0. The molecule has 0 spiro atoms. The van der Waals surface area contributed by atoms with Crippen LogP contribution in [0.1, 0.15) is 51.2 Å². The largest absolute Gasteiger partial charge is 0.508 e. The molecule has 2 rings (SSSR count). The van der Waals surface area contributed by atoms with E-state index in [1.165, 1.54) is 11.1 Å². The minimum absolute atomic E-state index is 0.00833. The van der Waals surface area contributed by atoms with Crippen molar-refractivity contribution in [1.29, 1.82) is 0 Å². The van der Waals surface area contributed by atoms with Gasteiger partial charge < -0.3 is 15.6 Å². The summed E-state index contributed by atoms with van der Waals surface area (Å²) in [7, 11) is 0. The molecule has 1 aromatic carbocycles. The van der Waals surface area contributed by atoms with Gasteiger partial charge in [-0.25, -0.2) is 0 Å². The van der Waals surface area contributed by atoms with E-state index in [2.05, 4.69) is 13.8 Å². The molecule has 3 N–H and O–H groups in total. The van der Waals surface area contributed by atoms with Crippen LogP contribution in [-0.4, -0.2) is 34.7 Å². The number of carbonyl (C=O) groups excluding carboxylic acids is 1. The molecule has 5 heteroatoms. The number of rotatable bonds is 7. The molecular weight excluding hydrogens is 322 g/mol. The monoisotopic (exact) mass is 351 g/mol. The van der Waals surface area contributed by atoms with Gasteiger partial charge in [0.25, 0.3) is 0 Å². The fourth-order valence-electron chi connectivity index (χ4n) is 3.88. The zero-order valence-electron chi connectivity index (χ0n) is 14.9. The van der Waals surface area contributed by atoms with Crippen LogP contribution in [0, 0.1) is 0 Å². The summed E-state index contributed by atoms with van der Waals surface area (Å²) in [6.07, 6.45) is 3.19. The summed E-state index contributed by atoms with van der Waals surface area (Å²) in [6, 6.07) is 5.68. The number of esters is 1. The zero-order valence-corrected chi connectivity index (χ0v) is 15.7. The molecule has 0 saturated heterocycles. The van der Waals surface area contributed by atoms with Crippen molar-refractivity contribution in [2.75, 3.05) is 12.4 Å². The summed E-state index contributed by atoms with van der Waals surface area (Å²) in [5.74, 6) is 0.895. The van der Waals surface area contributed by atoms with Gasteiger partial charge in [-0.2, -0.15) is 11.8 Å². The number of phenols is 1. The van der Waals surface area contributed by atoms with Crippen molar-refractivity contribution in [1.82, 2.24) is 0 Å². The van der Waals surface area contributed by atoms with Crippen LogP contribution in [0.2, 0.25) is 0 Å². The summed E-state index contributed by atoms with van der Waals surface area (Å²) in [5, 5.41) is 10.2. The number of phenolic OH excluding ortho intramolecular Hbond substituents is 1. The number of fused-ring (bicyclic) bond motifs is 1. The molecule has 4 nitrogen and oxygen atoms in total. The Labute approximate surface area is 149 Å². The molecule has 134 valence electrons. The number of ether oxygens (including phenoxy) is 1. The highest BCUT2D eigenvalue weighted by Gasteiger charge is 2.44. The SMILES string of the molecule is CCOC(=O)CCS[C@@H]1Cc2ccc(O)cc2C(CC)(CC)[C@H]1N. The molecule has 0 amide bonds. The Hall–Kier alpha value is -1.20. The summed E-state index contributed by atoms with van der Waals surface area (Å²) >= 11 is 1.77. The van der Waals surface area contributed by atoms with E-state index < -0.39 is 0 Å². The first kappa shape index (κ1) is 19.1. The zero-order chi connectivity index (χ0) is 17.7.